The number of carbonyl (C=O) groups is 2. The molecule has 1 fully saturated rings. The van der Waals surface area contributed by atoms with Gasteiger partial charge in [-0.25, -0.2) is 13.6 Å². The highest BCUT2D eigenvalue weighted by Crippen LogP contribution is 2.35. The molecule has 0 bridgehead atoms. The largest absolute Gasteiger partial charge is 0.489 e. The fourth-order valence-corrected chi connectivity index (χ4v) is 4.62. The Bertz CT molecular complexity index is 1550. The number of carboxylic acid groups (broad SMARTS) is 1. The van der Waals surface area contributed by atoms with Crippen LogP contribution in [0.5, 0.6) is 5.75 Å². The number of ether oxygens (including phenoxy) is 1. The number of furan rings is 1. The van der Waals surface area contributed by atoms with E-state index in [1.165, 1.54) is 11.0 Å². The maximum Gasteiger partial charge on any atom is 0.326 e. The van der Waals surface area contributed by atoms with Crippen molar-refractivity contribution in [3.8, 4) is 16.9 Å². The second-order valence-electron chi connectivity index (χ2n) is 8.86. The molecule has 3 aromatic carbocycles. The molecule has 38 heavy (non-hydrogen) atoms. The van der Waals surface area contributed by atoms with Crippen LogP contribution in [0.1, 0.15) is 34.5 Å². The van der Waals surface area contributed by atoms with Crippen molar-refractivity contribution in [1.82, 2.24) is 4.90 Å². The molecule has 1 atom stereocenters. The van der Waals surface area contributed by atoms with Crippen molar-refractivity contribution >= 4 is 29.1 Å². The third-order valence-electron chi connectivity index (χ3n) is 6.44. The summed E-state index contributed by atoms with van der Waals surface area (Å²) in [6.07, 6.45) is 2.07. The Balaban J connectivity index is 1.31. The zero-order valence-electron chi connectivity index (χ0n) is 19.9. The number of carbonyl (C=O) groups excluding carboxylic acids is 1. The molecule has 0 unspecified atom stereocenters. The van der Waals surface area contributed by atoms with E-state index >= 15 is 0 Å². The van der Waals surface area contributed by atoms with E-state index in [1.807, 2.05) is 0 Å². The molecule has 0 spiro atoms. The third kappa shape index (κ3) is 4.80. The van der Waals surface area contributed by atoms with Gasteiger partial charge >= 0.3 is 5.97 Å². The Hall–Kier alpha value is -4.73. The molecule has 0 aliphatic carbocycles. The van der Waals surface area contributed by atoms with Gasteiger partial charge in [0.05, 0.1) is 5.39 Å². The van der Waals surface area contributed by atoms with E-state index in [9.17, 15) is 23.5 Å². The summed E-state index contributed by atoms with van der Waals surface area (Å²) in [7, 11) is 0. The van der Waals surface area contributed by atoms with Crippen LogP contribution in [0.4, 0.5) is 8.78 Å². The number of fused-ring (bicyclic) bond motifs is 1. The molecule has 2 heterocycles. The first-order chi connectivity index (χ1) is 18.4. The Labute approximate surface area is 215 Å². The van der Waals surface area contributed by atoms with E-state index in [-0.39, 0.29) is 29.2 Å². The van der Waals surface area contributed by atoms with Crippen molar-refractivity contribution in [2.45, 2.75) is 25.5 Å². The van der Waals surface area contributed by atoms with Gasteiger partial charge in [0.15, 0.2) is 11.6 Å². The fourth-order valence-electron chi connectivity index (χ4n) is 4.62. The fraction of sp³-hybridized carbons (Fsp3) is 0.179. The lowest BCUT2D eigenvalue weighted by Crippen LogP contribution is -2.40. The molecule has 4 aromatic rings. The smallest absolute Gasteiger partial charge is 0.326 e. The molecule has 2 N–H and O–H groups in total. The SMILES string of the molecule is O=C(O)[C@@H]1CCCN1C(=O)c1cccc(COc2ccc(-c3cc(F)c(F)c4cc(/C=N/O)oc34)cc2)c1. The lowest BCUT2D eigenvalue weighted by atomic mass is 10.0. The van der Waals surface area contributed by atoms with E-state index in [0.29, 0.717) is 41.8 Å². The second-order valence-corrected chi connectivity index (χ2v) is 8.86. The molecule has 0 saturated carbocycles. The Morgan fingerprint density at radius 1 is 1.13 bits per heavy atom. The lowest BCUT2D eigenvalue weighted by molar-refractivity contribution is -0.141. The summed E-state index contributed by atoms with van der Waals surface area (Å²) in [6, 6.07) is 15.0. The van der Waals surface area contributed by atoms with Gasteiger partial charge in [-0.3, -0.25) is 4.79 Å². The van der Waals surface area contributed by atoms with Crippen LogP contribution in [-0.4, -0.2) is 45.9 Å². The van der Waals surface area contributed by atoms with E-state index < -0.39 is 23.6 Å². The highest BCUT2D eigenvalue weighted by atomic mass is 19.2. The second kappa shape index (κ2) is 10.3. The molecular weight excluding hydrogens is 498 g/mol. The Kier molecular flexibility index (Phi) is 6.78. The van der Waals surface area contributed by atoms with Gasteiger partial charge in [0.1, 0.15) is 36.0 Å². The summed E-state index contributed by atoms with van der Waals surface area (Å²) in [5, 5.41) is 20.9. The number of benzene rings is 3. The van der Waals surface area contributed by atoms with Crippen LogP contribution in [0.15, 0.2) is 70.2 Å². The molecule has 1 aromatic heterocycles. The molecule has 1 saturated heterocycles. The lowest BCUT2D eigenvalue weighted by Gasteiger charge is -2.21. The van der Waals surface area contributed by atoms with Gasteiger partial charge in [0, 0.05) is 17.7 Å². The summed E-state index contributed by atoms with van der Waals surface area (Å²) < 4.78 is 39.9. The number of carboxylic acids is 1. The molecule has 8 nitrogen and oxygen atoms in total. The topological polar surface area (TPSA) is 113 Å². The first-order valence-corrected chi connectivity index (χ1v) is 11.8. The van der Waals surface area contributed by atoms with Crippen molar-refractivity contribution in [3.05, 3.63) is 89.2 Å². The number of likely N-dealkylation sites (tertiary alicyclic amines) is 1. The standard InChI is InChI=1S/C28H22F2N2O6/c29-23-13-21(26-22(25(23)30)12-20(38-26)14-31-36)17-6-8-19(9-7-17)37-15-16-3-1-4-18(11-16)27(33)32-10-2-5-24(32)28(34)35/h1,3-4,6-9,11-14,24,36H,2,5,10,15H2,(H,34,35)/b31-14+/t24-/m0/s1. The quantitative estimate of drug-likeness (QED) is 0.190. The van der Waals surface area contributed by atoms with Crippen LogP contribution < -0.4 is 4.74 Å². The van der Waals surface area contributed by atoms with Crippen LogP contribution in [-0.2, 0) is 11.4 Å². The molecule has 0 radical (unpaired) electrons. The molecule has 194 valence electrons. The van der Waals surface area contributed by atoms with Crippen molar-refractivity contribution in [1.29, 1.82) is 0 Å². The maximum absolute atomic E-state index is 14.3. The van der Waals surface area contributed by atoms with Crippen molar-refractivity contribution in [2.75, 3.05) is 6.54 Å². The Morgan fingerprint density at radius 3 is 2.66 bits per heavy atom. The maximum atomic E-state index is 14.3. The van der Waals surface area contributed by atoms with Crippen LogP contribution >= 0.6 is 0 Å². The monoisotopic (exact) mass is 520 g/mol. The predicted octanol–water partition coefficient (Wildman–Crippen LogP) is 5.45. The number of amides is 1. The van der Waals surface area contributed by atoms with E-state index in [0.717, 1.165) is 17.8 Å². The summed E-state index contributed by atoms with van der Waals surface area (Å²) in [6.45, 7) is 0.557. The minimum atomic E-state index is -1.06. The minimum absolute atomic E-state index is 0.0668. The zero-order chi connectivity index (χ0) is 26.8. The molecule has 1 aliphatic rings. The summed E-state index contributed by atoms with van der Waals surface area (Å²) in [5.74, 6) is -2.87. The number of oxime groups is 1. The minimum Gasteiger partial charge on any atom is -0.489 e. The average Bonchev–Trinajstić information content (AvgIpc) is 3.58. The van der Waals surface area contributed by atoms with Crippen LogP contribution in [0, 0.1) is 11.6 Å². The summed E-state index contributed by atoms with van der Waals surface area (Å²) >= 11 is 0. The van der Waals surface area contributed by atoms with Gasteiger partial charge < -0.3 is 24.4 Å². The van der Waals surface area contributed by atoms with E-state index in [4.69, 9.17) is 14.4 Å². The average molecular weight is 520 g/mol. The number of halogens is 2. The first kappa shape index (κ1) is 24.9. The van der Waals surface area contributed by atoms with Gasteiger partial charge in [-0.05, 0) is 60.4 Å². The molecule has 1 amide bonds. The molecule has 10 heteroatoms. The van der Waals surface area contributed by atoms with Crippen molar-refractivity contribution in [2.24, 2.45) is 5.16 Å². The molecule has 5 rings (SSSR count). The van der Waals surface area contributed by atoms with Gasteiger partial charge in [-0.15, -0.1) is 0 Å². The van der Waals surface area contributed by atoms with Crippen LogP contribution in [0.25, 0.3) is 22.1 Å². The van der Waals surface area contributed by atoms with Gasteiger partial charge in [-0.1, -0.05) is 29.4 Å². The molecular formula is C28H22F2N2O6. The number of rotatable bonds is 7. The summed E-state index contributed by atoms with van der Waals surface area (Å²) in [5.41, 5.74) is 2.09. The first-order valence-electron chi connectivity index (χ1n) is 11.8. The van der Waals surface area contributed by atoms with E-state index in [1.54, 1.807) is 48.5 Å². The third-order valence-corrected chi connectivity index (χ3v) is 6.44. The van der Waals surface area contributed by atoms with Crippen molar-refractivity contribution in [3.63, 3.8) is 0 Å². The predicted molar refractivity (Wildman–Crippen MR) is 133 cm³/mol. The van der Waals surface area contributed by atoms with Gasteiger partial charge in [0.25, 0.3) is 5.91 Å². The normalized spacial score (nSPS) is 15.4. The van der Waals surface area contributed by atoms with Gasteiger partial charge in [-0.2, -0.15) is 0 Å². The van der Waals surface area contributed by atoms with Gasteiger partial charge in [0.2, 0.25) is 0 Å². The number of nitrogens with zero attached hydrogens (tertiary/aromatic N) is 2. The zero-order valence-corrected chi connectivity index (χ0v) is 19.9. The highest BCUT2D eigenvalue weighted by molar-refractivity contribution is 5.97. The van der Waals surface area contributed by atoms with Crippen molar-refractivity contribution < 1.29 is 37.8 Å². The van der Waals surface area contributed by atoms with Crippen LogP contribution in [0.3, 0.4) is 0 Å². The highest BCUT2D eigenvalue weighted by Gasteiger charge is 2.34. The Morgan fingerprint density at radius 2 is 1.92 bits per heavy atom. The number of hydrogen-bond acceptors (Lipinski definition) is 6. The number of aliphatic carboxylic acids is 1. The van der Waals surface area contributed by atoms with E-state index in [2.05, 4.69) is 5.16 Å². The van der Waals surface area contributed by atoms with Crippen LogP contribution in [0.2, 0.25) is 0 Å². The number of hydrogen-bond donors (Lipinski definition) is 2. The summed E-state index contributed by atoms with van der Waals surface area (Å²) in [4.78, 5) is 25.7. The molecule has 1 aliphatic heterocycles.